The molecule has 2 rings (SSSR count). The van der Waals surface area contributed by atoms with E-state index in [4.69, 9.17) is 18.9 Å². The SMILES string of the molecule is COc1cc(/N=N/c2ccc(OC)[n+](C)c2)cc(OC)c1OC.[I-]. The summed E-state index contributed by atoms with van der Waals surface area (Å²) in [6, 6.07) is 7.10. The van der Waals surface area contributed by atoms with Crippen LogP contribution in [0.4, 0.5) is 11.4 Å². The van der Waals surface area contributed by atoms with E-state index in [1.54, 1.807) is 40.6 Å². The summed E-state index contributed by atoms with van der Waals surface area (Å²) >= 11 is 0. The number of nitrogens with zero attached hydrogens (tertiary/aromatic N) is 3. The summed E-state index contributed by atoms with van der Waals surface area (Å²) in [5, 5.41) is 8.44. The molecular weight excluding hydrogens is 425 g/mol. The van der Waals surface area contributed by atoms with Gasteiger partial charge in [-0.25, -0.2) is 0 Å². The highest BCUT2D eigenvalue weighted by Crippen LogP contribution is 2.41. The molecule has 0 amide bonds. The van der Waals surface area contributed by atoms with E-state index in [1.807, 2.05) is 29.9 Å². The molecule has 1 heterocycles. The Hall–Kier alpha value is -2.10. The van der Waals surface area contributed by atoms with Gasteiger partial charge >= 0.3 is 5.88 Å². The summed E-state index contributed by atoms with van der Waals surface area (Å²) < 4.78 is 22.9. The average molecular weight is 445 g/mol. The van der Waals surface area contributed by atoms with Crippen molar-refractivity contribution in [1.82, 2.24) is 0 Å². The Bertz CT molecular complexity index is 697. The number of ether oxygens (including phenoxy) is 4. The van der Waals surface area contributed by atoms with E-state index in [1.165, 1.54) is 0 Å². The van der Waals surface area contributed by atoms with Crippen LogP contribution in [0.25, 0.3) is 0 Å². The number of rotatable bonds is 6. The third-order valence-corrected chi connectivity index (χ3v) is 3.21. The molecule has 0 bridgehead atoms. The van der Waals surface area contributed by atoms with Crippen molar-refractivity contribution in [1.29, 1.82) is 0 Å². The molecule has 8 heteroatoms. The van der Waals surface area contributed by atoms with Crippen LogP contribution in [0.5, 0.6) is 23.1 Å². The monoisotopic (exact) mass is 445 g/mol. The highest BCUT2D eigenvalue weighted by atomic mass is 127. The van der Waals surface area contributed by atoms with Crippen molar-refractivity contribution in [3.63, 3.8) is 0 Å². The minimum atomic E-state index is 0. The number of hydrogen-bond donors (Lipinski definition) is 0. The molecule has 0 N–H and O–H groups in total. The van der Waals surface area contributed by atoms with E-state index in [0.717, 1.165) is 5.88 Å². The van der Waals surface area contributed by atoms with E-state index >= 15 is 0 Å². The van der Waals surface area contributed by atoms with Crippen molar-refractivity contribution in [2.24, 2.45) is 17.3 Å². The van der Waals surface area contributed by atoms with Crippen LogP contribution in [-0.4, -0.2) is 28.4 Å². The van der Waals surface area contributed by atoms with Gasteiger partial charge in [0.1, 0.15) is 12.7 Å². The Kier molecular flexibility index (Phi) is 7.69. The van der Waals surface area contributed by atoms with E-state index in [0.29, 0.717) is 28.6 Å². The molecule has 0 radical (unpaired) electrons. The third-order valence-electron chi connectivity index (χ3n) is 3.21. The number of azo groups is 1. The predicted molar refractivity (Wildman–Crippen MR) is 84.4 cm³/mol. The fraction of sp³-hybridized carbons (Fsp3) is 0.312. The summed E-state index contributed by atoms with van der Waals surface area (Å²) in [7, 11) is 8.16. The molecular formula is C16H20IN3O4. The van der Waals surface area contributed by atoms with Crippen LogP contribution >= 0.6 is 0 Å². The van der Waals surface area contributed by atoms with Crippen molar-refractivity contribution in [3.05, 3.63) is 30.5 Å². The Labute approximate surface area is 158 Å². The lowest BCUT2D eigenvalue weighted by Crippen LogP contribution is -3.00. The zero-order valence-corrected chi connectivity index (χ0v) is 16.4. The largest absolute Gasteiger partial charge is 1.00 e. The lowest BCUT2D eigenvalue weighted by Gasteiger charge is -2.12. The molecule has 0 aliphatic carbocycles. The molecule has 7 nitrogen and oxygen atoms in total. The Morgan fingerprint density at radius 3 is 1.83 bits per heavy atom. The van der Waals surface area contributed by atoms with Crippen LogP contribution in [0.3, 0.4) is 0 Å². The molecule has 24 heavy (non-hydrogen) atoms. The van der Waals surface area contributed by atoms with Crippen LogP contribution in [0.2, 0.25) is 0 Å². The van der Waals surface area contributed by atoms with Gasteiger partial charge in [0.05, 0.1) is 40.2 Å². The van der Waals surface area contributed by atoms with E-state index in [2.05, 4.69) is 10.2 Å². The van der Waals surface area contributed by atoms with Crippen LogP contribution in [0, 0.1) is 0 Å². The second-order valence-corrected chi connectivity index (χ2v) is 4.62. The van der Waals surface area contributed by atoms with Crippen LogP contribution < -0.4 is 47.5 Å². The molecule has 2 aromatic rings. The van der Waals surface area contributed by atoms with Gasteiger partial charge in [-0.15, -0.1) is 5.11 Å². The minimum Gasteiger partial charge on any atom is -1.00 e. The first-order chi connectivity index (χ1) is 11.1. The summed E-state index contributed by atoms with van der Waals surface area (Å²) in [5.74, 6) is 2.31. The fourth-order valence-electron chi connectivity index (χ4n) is 2.09. The van der Waals surface area contributed by atoms with E-state index < -0.39 is 0 Å². The number of halogens is 1. The zero-order chi connectivity index (χ0) is 16.8. The number of aromatic nitrogens is 1. The van der Waals surface area contributed by atoms with Gasteiger partial charge in [-0.2, -0.15) is 9.68 Å². The molecule has 1 aromatic heterocycles. The normalized spacial score (nSPS) is 10.2. The quantitative estimate of drug-likeness (QED) is 0.356. The predicted octanol–water partition coefficient (Wildman–Crippen LogP) is -0.0351. The topological polar surface area (TPSA) is 65.5 Å². The average Bonchev–Trinajstić information content (AvgIpc) is 2.58. The van der Waals surface area contributed by atoms with Gasteiger partial charge < -0.3 is 42.9 Å². The number of aryl methyl sites for hydroxylation is 1. The van der Waals surface area contributed by atoms with Crippen molar-refractivity contribution < 1.29 is 47.5 Å². The summed E-state index contributed by atoms with van der Waals surface area (Å²) in [4.78, 5) is 0. The minimum absolute atomic E-state index is 0. The molecule has 0 unspecified atom stereocenters. The number of methoxy groups -OCH3 is 4. The second-order valence-electron chi connectivity index (χ2n) is 4.62. The van der Waals surface area contributed by atoms with Crippen LogP contribution in [0.1, 0.15) is 0 Å². The van der Waals surface area contributed by atoms with E-state index in [-0.39, 0.29) is 24.0 Å². The highest BCUT2D eigenvalue weighted by Gasteiger charge is 2.13. The zero-order valence-electron chi connectivity index (χ0n) is 14.2. The van der Waals surface area contributed by atoms with Gasteiger partial charge in [-0.05, 0) is 6.07 Å². The van der Waals surface area contributed by atoms with Gasteiger partial charge in [-0.3, -0.25) is 0 Å². The second kappa shape index (κ2) is 9.26. The maximum atomic E-state index is 5.29. The number of hydrogen-bond acceptors (Lipinski definition) is 6. The molecule has 0 spiro atoms. The molecule has 0 saturated carbocycles. The van der Waals surface area contributed by atoms with Gasteiger partial charge in [0.2, 0.25) is 5.75 Å². The van der Waals surface area contributed by atoms with Crippen molar-refractivity contribution in [3.8, 4) is 23.1 Å². The van der Waals surface area contributed by atoms with Gasteiger partial charge in [0, 0.05) is 12.1 Å². The summed E-state index contributed by atoms with van der Waals surface area (Å²) in [6.45, 7) is 0. The Morgan fingerprint density at radius 1 is 0.792 bits per heavy atom. The van der Waals surface area contributed by atoms with E-state index in [9.17, 15) is 0 Å². The first-order valence-corrected chi connectivity index (χ1v) is 6.88. The molecule has 0 saturated heterocycles. The Morgan fingerprint density at radius 2 is 1.38 bits per heavy atom. The van der Waals surface area contributed by atoms with Crippen molar-refractivity contribution in [2.75, 3.05) is 28.4 Å². The van der Waals surface area contributed by atoms with Gasteiger partial charge in [0.25, 0.3) is 0 Å². The summed E-state index contributed by atoms with van der Waals surface area (Å²) in [6.07, 6.45) is 1.82. The third kappa shape index (κ3) is 4.47. The molecule has 0 aliphatic rings. The number of pyridine rings is 1. The van der Waals surface area contributed by atoms with Crippen molar-refractivity contribution in [2.45, 2.75) is 0 Å². The standard InChI is InChI=1S/C16H20N3O4.HI/c1-19-10-11(6-7-15(19)22-4)17-18-12-8-13(20-2)16(23-5)14(9-12)21-3;/h6-10H,1-5H3;1H/q+1;/p-1/b18-17+;. The number of benzene rings is 1. The van der Waals surface area contributed by atoms with Gasteiger partial charge in [-0.1, -0.05) is 0 Å². The lowest BCUT2D eigenvalue weighted by molar-refractivity contribution is -0.676. The molecule has 0 fully saturated rings. The highest BCUT2D eigenvalue weighted by molar-refractivity contribution is 5.60. The summed E-state index contributed by atoms with van der Waals surface area (Å²) in [5.41, 5.74) is 1.29. The molecule has 0 atom stereocenters. The first-order valence-electron chi connectivity index (χ1n) is 6.88. The lowest BCUT2D eigenvalue weighted by atomic mass is 10.2. The van der Waals surface area contributed by atoms with Gasteiger partial charge in [0.15, 0.2) is 17.7 Å². The maximum Gasteiger partial charge on any atom is 0.367 e. The van der Waals surface area contributed by atoms with Crippen molar-refractivity contribution >= 4 is 11.4 Å². The fourth-order valence-corrected chi connectivity index (χ4v) is 2.09. The van der Waals surface area contributed by atoms with Crippen LogP contribution in [0.15, 0.2) is 40.7 Å². The first kappa shape index (κ1) is 19.9. The maximum absolute atomic E-state index is 5.29. The molecule has 1 aromatic carbocycles. The Balaban J connectivity index is 0.00000288. The molecule has 130 valence electrons. The smallest absolute Gasteiger partial charge is 0.367 e. The van der Waals surface area contributed by atoms with Crippen LogP contribution in [-0.2, 0) is 7.05 Å². The molecule has 0 aliphatic heterocycles.